The third-order valence-corrected chi connectivity index (χ3v) is 18.9. The molecule has 0 saturated heterocycles. The van der Waals surface area contributed by atoms with Gasteiger partial charge in [0.25, 0.3) is 0 Å². The normalized spacial score (nSPS) is 12.1. The maximum atomic E-state index is 13.2. The number of nitrogens with one attached hydrogen (secondary N) is 1. The van der Waals surface area contributed by atoms with Gasteiger partial charge in [0.05, 0.1) is 0 Å². The molecule has 0 aliphatic heterocycles. The van der Waals surface area contributed by atoms with Gasteiger partial charge in [0.15, 0.2) is 0 Å². The molecule has 1 amide bonds. The number of hydrogen-bond donors (Lipinski definition) is 1. The Balaban J connectivity index is 2.14. The summed E-state index contributed by atoms with van der Waals surface area (Å²) in [4.78, 5) is 26.3. The summed E-state index contributed by atoms with van der Waals surface area (Å²) in [6, 6.07) is 18.5. The van der Waals surface area contributed by atoms with Gasteiger partial charge in [-0.1, -0.05) is 0 Å². The molecule has 192 valence electrons. The summed E-state index contributed by atoms with van der Waals surface area (Å²) in [5.41, 5.74) is 1.88. The van der Waals surface area contributed by atoms with E-state index in [9.17, 15) is 9.59 Å². The van der Waals surface area contributed by atoms with Gasteiger partial charge < -0.3 is 0 Å². The second-order valence-corrected chi connectivity index (χ2v) is 21.0. The monoisotopic (exact) mass is 589 g/mol. The molecule has 35 heavy (non-hydrogen) atoms. The van der Waals surface area contributed by atoms with Crippen molar-refractivity contribution in [2.24, 2.45) is 0 Å². The molecule has 0 fully saturated rings. The van der Waals surface area contributed by atoms with Gasteiger partial charge in [-0.2, -0.15) is 0 Å². The third kappa shape index (κ3) is 11.1. The molecule has 0 saturated carbocycles. The van der Waals surface area contributed by atoms with Crippen LogP contribution in [0, 0.1) is 0 Å². The van der Waals surface area contributed by atoms with Crippen molar-refractivity contribution in [2.45, 2.75) is 91.7 Å². The molecule has 0 bridgehead atoms. The van der Waals surface area contributed by atoms with Gasteiger partial charge in [-0.05, 0) is 0 Å². The van der Waals surface area contributed by atoms with E-state index in [2.05, 4.69) is 26.1 Å². The van der Waals surface area contributed by atoms with Crippen LogP contribution >= 0.6 is 0 Å². The van der Waals surface area contributed by atoms with Crippen LogP contribution in [0.3, 0.4) is 0 Å². The van der Waals surface area contributed by atoms with Crippen molar-refractivity contribution in [3.05, 3.63) is 71.8 Å². The molecule has 5 nitrogen and oxygen atoms in total. The molecule has 2 rings (SSSR count). The summed E-state index contributed by atoms with van der Waals surface area (Å²) in [5.74, 6) is -0.439. The topological polar surface area (TPSA) is 64.6 Å². The first kappa shape index (κ1) is 29.2. The fraction of sp³-hybridized carbons (Fsp3) is 0.517. The van der Waals surface area contributed by atoms with E-state index in [1.165, 1.54) is 0 Å². The molecule has 0 aliphatic rings. The van der Waals surface area contributed by atoms with Gasteiger partial charge in [0, 0.05) is 0 Å². The summed E-state index contributed by atoms with van der Waals surface area (Å²) in [5, 5.41) is 2.90. The second-order valence-electron chi connectivity index (χ2n) is 9.36. The Kier molecular flexibility index (Phi) is 13.9. The Morgan fingerprint density at radius 3 is 1.74 bits per heavy atom. The second kappa shape index (κ2) is 16.6. The van der Waals surface area contributed by atoms with Crippen LogP contribution in [0.4, 0.5) is 4.79 Å². The molecule has 6 heteroatoms. The summed E-state index contributed by atoms with van der Waals surface area (Å²) in [7, 11) is 0. The molecule has 2 aromatic carbocycles. The number of ether oxygens (including phenoxy) is 1. The Morgan fingerprint density at radius 1 is 0.771 bits per heavy atom. The number of benzene rings is 2. The van der Waals surface area contributed by atoms with E-state index in [-0.39, 0.29) is 6.61 Å². The van der Waals surface area contributed by atoms with Crippen LogP contribution in [0.25, 0.3) is 0 Å². The molecule has 2 aromatic rings. The summed E-state index contributed by atoms with van der Waals surface area (Å²) < 4.78 is 15.1. The molecule has 0 aliphatic carbocycles. The van der Waals surface area contributed by atoms with Crippen molar-refractivity contribution in [3.8, 4) is 0 Å². The minimum absolute atomic E-state index is 0.175. The van der Waals surface area contributed by atoms with Gasteiger partial charge in [-0.3, -0.25) is 0 Å². The molecule has 0 aromatic heterocycles. The van der Waals surface area contributed by atoms with E-state index in [0.29, 0.717) is 6.42 Å². The number of esters is 1. The zero-order valence-corrected chi connectivity index (χ0v) is 24.6. The number of carbonyl (C=O) groups is 2. The van der Waals surface area contributed by atoms with Crippen molar-refractivity contribution in [1.29, 1.82) is 0 Å². The van der Waals surface area contributed by atoms with Crippen LogP contribution in [0.15, 0.2) is 60.7 Å². The molecule has 1 atom stereocenters. The average Bonchev–Trinajstić information content (AvgIpc) is 2.88. The molecule has 0 radical (unpaired) electrons. The van der Waals surface area contributed by atoms with Gasteiger partial charge in [-0.25, -0.2) is 0 Å². The fourth-order valence-electron chi connectivity index (χ4n) is 4.27. The maximum absolute atomic E-state index is 13.2. The average molecular weight is 588 g/mol. The summed E-state index contributed by atoms with van der Waals surface area (Å²) in [6.07, 6.45) is 6.53. The molecular weight excluding hydrogens is 545 g/mol. The van der Waals surface area contributed by atoms with E-state index in [0.717, 1.165) is 63.0 Å². The third-order valence-electron chi connectivity index (χ3n) is 6.35. The van der Waals surface area contributed by atoms with Gasteiger partial charge in [-0.15, -0.1) is 0 Å². The first-order chi connectivity index (χ1) is 17.0. The number of carbonyl (C=O) groups excluding carboxylic acids is 2. The zero-order chi connectivity index (χ0) is 25.4. The van der Waals surface area contributed by atoms with E-state index in [1.807, 2.05) is 60.7 Å². The number of unbranched alkanes of at least 4 members (excludes halogenated alkanes) is 3. The van der Waals surface area contributed by atoms with Crippen molar-refractivity contribution < 1.29 is 17.4 Å². The quantitative estimate of drug-likeness (QED) is 0.164. The first-order valence-electron chi connectivity index (χ1n) is 13.3. The Labute approximate surface area is 216 Å². The Hall–Kier alpha value is -2.02. The predicted molar refractivity (Wildman–Crippen MR) is 145 cm³/mol. The summed E-state index contributed by atoms with van der Waals surface area (Å²) in [6.45, 7) is 6.74. The van der Waals surface area contributed by atoms with Crippen molar-refractivity contribution in [2.75, 3.05) is 0 Å². The van der Waals surface area contributed by atoms with Crippen molar-refractivity contribution in [3.63, 3.8) is 0 Å². The molecule has 0 unspecified atom stereocenters. The first-order valence-corrected chi connectivity index (χ1v) is 20.5. The van der Waals surface area contributed by atoms with E-state index in [1.54, 1.807) is 0 Å². The van der Waals surface area contributed by atoms with Crippen LogP contribution in [0.2, 0.25) is 13.3 Å². The minimum atomic E-state index is -3.15. The molecule has 0 spiro atoms. The zero-order valence-electron chi connectivity index (χ0n) is 21.8. The summed E-state index contributed by atoms with van der Waals surface area (Å²) >= 11 is -3.15. The number of hydrogen-bond acceptors (Lipinski definition) is 4. The van der Waals surface area contributed by atoms with Gasteiger partial charge in [0.1, 0.15) is 0 Å². The molecule has 0 heterocycles. The molecule has 1 N–H and O–H groups in total. The number of rotatable bonds is 16. The molecular formula is C29H43NO4Sn. The van der Waals surface area contributed by atoms with E-state index >= 15 is 0 Å². The van der Waals surface area contributed by atoms with Crippen molar-refractivity contribution in [1.82, 2.24) is 5.32 Å². The van der Waals surface area contributed by atoms with Gasteiger partial charge >= 0.3 is 217 Å². The SMILES string of the molecule is CCC[CH2][Sn]([CH2]CCC)([CH2]CCC)[O]C(=O)N[C@@H](Cc1ccccc1)C(=O)OCc1ccccc1. The van der Waals surface area contributed by atoms with Crippen molar-refractivity contribution >= 4 is 30.9 Å². The van der Waals surface area contributed by atoms with Crippen LogP contribution in [0.1, 0.15) is 70.4 Å². The van der Waals surface area contributed by atoms with Crippen LogP contribution in [0.5, 0.6) is 0 Å². The van der Waals surface area contributed by atoms with Crippen LogP contribution < -0.4 is 5.32 Å². The Bertz CT molecular complexity index is 838. The Morgan fingerprint density at radius 2 is 1.26 bits per heavy atom. The van der Waals surface area contributed by atoms with E-state index < -0.39 is 36.9 Å². The standard InChI is InChI=1S/C17H17NO4.3C4H9.Sn/c19-16(22-12-14-9-5-2-6-10-14)15(18-17(20)21)11-13-7-3-1-4-8-13;3*1-3-4-2;/h1-10,15,18H,11-12H2,(H,20,21);3*1,3-4H2,2H3;/q;;;;+1/p-1/t15-;;;;/m0..../s1. The van der Waals surface area contributed by atoms with Gasteiger partial charge in [0.2, 0.25) is 0 Å². The fourth-order valence-corrected chi connectivity index (χ4v) is 17.1. The van der Waals surface area contributed by atoms with E-state index in [4.69, 9.17) is 7.81 Å². The number of amides is 1. The van der Waals surface area contributed by atoms with Crippen LogP contribution in [-0.2, 0) is 25.6 Å². The van der Waals surface area contributed by atoms with Crippen LogP contribution in [-0.4, -0.2) is 36.9 Å². The predicted octanol–water partition coefficient (Wildman–Crippen LogP) is 7.41.